The lowest BCUT2D eigenvalue weighted by atomic mass is 9.96. The van der Waals surface area contributed by atoms with E-state index < -0.39 is 0 Å². The minimum Gasteiger partial charge on any atom is -0.377 e. The van der Waals surface area contributed by atoms with Crippen LogP contribution in [0.3, 0.4) is 0 Å². The number of carbonyl (C=O) groups excluding carboxylic acids is 3. The van der Waals surface area contributed by atoms with E-state index >= 15 is 0 Å². The van der Waals surface area contributed by atoms with Crippen LogP contribution in [-0.2, 0) is 28.6 Å². The zero-order valence-corrected chi connectivity index (χ0v) is 33.0. The molecule has 2 saturated heterocycles. The third-order valence-corrected chi connectivity index (χ3v) is 8.81. The highest BCUT2D eigenvalue weighted by Gasteiger charge is 2.37. The molecule has 0 spiro atoms. The Bertz CT molecular complexity index is 906. The molecule has 0 aliphatic carbocycles. The van der Waals surface area contributed by atoms with Gasteiger partial charge < -0.3 is 29.3 Å². The van der Waals surface area contributed by atoms with Crippen molar-refractivity contribution >= 4 is 17.6 Å². The first kappa shape index (κ1) is 44.5. The van der Waals surface area contributed by atoms with E-state index in [2.05, 4.69) is 46.9 Å². The lowest BCUT2D eigenvalue weighted by Gasteiger charge is -2.25. The van der Waals surface area contributed by atoms with Crippen LogP contribution in [0, 0.1) is 17.8 Å². The normalized spacial score (nSPS) is 21.4. The molecule has 0 bridgehead atoms. The molecule has 0 aromatic rings. The summed E-state index contributed by atoms with van der Waals surface area (Å²) in [6.45, 7) is 28.3. The molecular formula is C39H75N3O6. The highest BCUT2D eigenvalue weighted by Crippen LogP contribution is 2.28. The van der Waals surface area contributed by atoms with Gasteiger partial charge in [0.05, 0.1) is 49.7 Å². The summed E-state index contributed by atoms with van der Waals surface area (Å²) in [7, 11) is 0. The zero-order chi connectivity index (χ0) is 36.4. The van der Waals surface area contributed by atoms with Crippen molar-refractivity contribution in [2.24, 2.45) is 17.8 Å². The van der Waals surface area contributed by atoms with Crippen LogP contribution >= 0.6 is 0 Å². The van der Waals surface area contributed by atoms with Gasteiger partial charge in [0.25, 0.3) is 0 Å². The Kier molecular flexibility index (Phi) is 22.0. The number of ether oxygens (including phenoxy) is 3. The van der Waals surface area contributed by atoms with Crippen molar-refractivity contribution in [3.8, 4) is 0 Å². The number of likely N-dealkylation sites (tertiary alicyclic amines) is 2. The molecule has 1 N–H and O–H groups in total. The van der Waals surface area contributed by atoms with Crippen LogP contribution in [-0.4, -0.2) is 103 Å². The predicted octanol–water partition coefficient (Wildman–Crippen LogP) is 7.04. The van der Waals surface area contributed by atoms with Crippen LogP contribution in [0.25, 0.3) is 0 Å². The summed E-state index contributed by atoms with van der Waals surface area (Å²) in [6, 6.07) is 0.649. The number of hydrogen-bond donors (Lipinski definition) is 1. The number of Topliss-reactive ketones (excluding diaryl/α,β-unsaturated/α-hetero) is 1. The van der Waals surface area contributed by atoms with Crippen LogP contribution in [0.2, 0.25) is 0 Å². The van der Waals surface area contributed by atoms with E-state index in [1.165, 1.54) is 0 Å². The molecule has 282 valence electrons. The van der Waals surface area contributed by atoms with Gasteiger partial charge in [0.2, 0.25) is 11.8 Å². The Morgan fingerprint density at radius 2 is 1.21 bits per heavy atom. The Labute approximate surface area is 294 Å². The van der Waals surface area contributed by atoms with E-state index in [9.17, 15) is 14.4 Å². The molecule has 0 radical (unpaired) electrons. The van der Waals surface area contributed by atoms with Crippen molar-refractivity contribution in [2.45, 2.75) is 183 Å². The number of rotatable bonds is 21. The number of carbonyl (C=O) groups is 3. The molecule has 48 heavy (non-hydrogen) atoms. The third-order valence-electron chi connectivity index (χ3n) is 8.81. The molecule has 4 atom stereocenters. The Balaban J connectivity index is 0.000000495. The number of nitrogens with one attached hydrogen (secondary N) is 1. The summed E-state index contributed by atoms with van der Waals surface area (Å²) < 4.78 is 17.4. The molecule has 2 aliphatic heterocycles. The third kappa shape index (κ3) is 19.6. The fourth-order valence-electron chi connectivity index (χ4n) is 6.35. The van der Waals surface area contributed by atoms with E-state index in [1.54, 1.807) is 0 Å². The fraction of sp³-hybridized carbons (Fsp3) is 0.923. The van der Waals surface area contributed by atoms with Crippen molar-refractivity contribution in [2.75, 3.05) is 32.8 Å². The van der Waals surface area contributed by atoms with Crippen LogP contribution in [0.15, 0.2) is 0 Å². The topological polar surface area (TPSA) is 97.4 Å². The van der Waals surface area contributed by atoms with E-state index in [0.717, 1.165) is 32.1 Å². The van der Waals surface area contributed by atoms with E-state index in [1.807, 2.05) is 51.3 Å². The number of amides is 2. The maximum atomic E-state index is 12.7. The van der Waals surface area contributed by atoms with Crippen molar-refractivity contribution in [1.29, 1.82) is 0 Å². The molecule has 2 amide bonds. The van der Waals surface area contributed by atoms with Gasteiger partial charge in [0, 0.05) is 51.4 Å². The molecule has 2 rings (SSSR count). The van der Waals surface area contributed by atoms with Gasteiger partial charge in [0.15, 0.2) is 0 Å². The maximum absolute atomic E-state index is 12.7. The minimum atomic E-state index is 0.104. The van der Waals surface area contributed by atoms with Crippen molar-refractivity contribution in [3.63, 3.8) is 0 Å². The smallest absolute Gasteiger partial charge is 0.224 e. The SMILES string of the molecule is CC(C)CCC(=O)N1C[C@H](OC(C)C)C[C@H]1COC(C)C.CC(C)CCCC(=O)CC1CC(COC(C)C)N(C(=O)CCNC(C)C)C1. The average molecular weight is 682 g/mol. The number of nitrogens with zero attached hydrogens (tertiary/aromatic N) is 2. The lowest BCUT2D eigenvalue weighted by molar-refractivity contribution is -0.134. The van der Waals surface area contributed by atoms with Gasteiger partial charge in [0.1, 0.15) is 5.78 Å². The second kappa shape index (κ2) is 23.8. The van der Waals surface area contributed by atoms with Crippen molar-refractivity contribution < 1.29 is 28.6 Å². The molecule has 2 heterocycles. The first-order valence-corrected chi connectivity index (χ1v) is 19.2. The van der Waals surface area contributed by atoms with E-state index in [0.29, 0.717) is 82.2 Å². The van der Waals surface area contributed by atoms with Gasteiger partial charge >= 0.3 is 0 Å². The second-order valence-electron chi connectivity index (χ2n) is 16.1. The molecule has 2 fully saturated rings. The summed E-state index contributed by atoms with van der Waals surface area (Å²) in [5, 5.41) is 3.31. The van der Waals surface area contributed by atoms with Gasteiger partial charge in [-0.05, 0) is 85.0 Å². The molecular weight excluding hydrogens is 606 g/mol. The monoisotopic (exact) mass is 682 g/mol. The molecule has 0 aromatic carbocycles. The van der Waals surface area contributed by atoms with Gasteiger partial charge in [-0.15, -0.1) is 0 Å². The first-order valence-electron chi connectivity index (χ1n) is 19.2. The predicted molar refractivity (Wildman–Crippen MR) is 196 cm³/mol. The van der Waals surface area contributed by atoms with Crippen LogP contribution in [0.4, 0.5) is 0 Å². The minimum absolute atomic E-state index is 0.104. The molecule has 2 aliphatic rings. The van der Waals surface area contributed by atoms with E-state index in [4.69, 9.17) is 14.2 Å². The summed E-state index contributed by atoms with van der Waals surface area (Å²) in [4.78, 5) is 41.4. The second-order valence-corrected chi connectivity index (χ2v) is 16.1. The van der Waals surface area contributed by atoms with Crippen molar-refractivity contribution in [1.82, 2.24) is 15.1 Å². The summed E-state index contributed by atoms with van der Waals surface area (Å²) in [5.74, 6) is 2.25. The Hall–Kier alpha value is -1.55. The van der Waals surface area contributed by atoms with E-state index in [-0.39, 0.29) is 54.2 Å². The molecule has 9 heteroatoms. The van der Waals surface area contributed by atoms with Crippen molar-refractivity contribution in [3.05, 3.63) is 0 Å². The number of hydrogen-bond acceptors (Lipinski definition) is 7. The molecule has 0 saturated carbocycles. The van der Waals surface area contributed by atoms with Gasteiger partial charge in [-0.1, -0.05) is 48.0 Å². The lowest BCUT2D eigenvalue weighted by Crippen LogP contribution is -2.40. The molecule has 0 aromatic heterocycles. The summed E-state index contributed by atoms with van der Waals surface area (Å²) in [6.07, 6.45) is 7.91. The average Bonchev–Trinajstić information content (AvgIpc) is 3.56. The van der Waals surface area contributed by atoms with Crippen LogP contribution in [0.1, 0.15) is 141 Å². The largest absolute Gasteiger partial charge is 0.377 e. The standard InChI is InChI=1S/C22H42N2O3.C17H33NO3/c1-16(2)8-7-9-21(25)13-19-12-20(15-27-18(5)6)24(14-19)22(26)10-11-23-17(3)4;1-12(2)7-8-17(19)18-10-16(21-14(5)6)9-15(18)11-20-13(3)4/h16-20,23H,7-15H2,1-6H3;12-16H,7-11H2,1-6H3/t;15-,16+/m.0/s1. The van der Waals surface area contributed by atoms with Gasteiger partial charge in [-0.2, -0.15) is 0 Å². The quantitative estimate of drug-likeness (QED) is 0.139. The summed E-state index contributed by atoms with van der Waals surface area (Å²) >= 11 is 0. The van der Waals surface area contributed by atoms with Gasteiger partial charge in [-0.25, -0.2) is 0 Å². The first-order chi connectivity index (χ1) is 22.5. The summed E-state index contributed by atoms with van der Waals surface area (Å²) in [5.41, 5.74) is 0. The highest BCUT2D eigenvalue weighted by molar-refractivity contribution is 5.80. The Morgan fingerprint density at radius 3 is 1.73 bits per heavy atom. The highest BCUT2D eigenvalue weighted by atomic mass is 16.5. The van der Waals surface area contributed by atoms with Crippen LogP contribution in [0.5, 0.6) is 0 Å². The zero-order valence-electron chi connectivity index (χ0n) is 33.0. The fourth-order valence-corrected chi connectivity index (χ4v) is 6.35. The van der Waals surface area contributed by atoms with Crippen LogP contribution < -0.4 is 5.32 Å². The molecule has 9 nitrogen and oxygen atoms in total. The number of ketones is 1. The van der Waals surface area contributed by atoms with Gasteiger partial charge in [-0.3, -0.25) is 14.4 Å². The maximum Gasteiger partial charge on any atom is 0.224 e. The Morgan fingerprint density at radius 1 is 0.667 bits per heavy atom. The molecule has 2 unspecified atom stereocenters.